The topological polar surface area (TPSA) is 108 Å². The standard InChI is InChI=1S/C18H27N3O3Si/c1-25(2,3)9-8-16(18(23)24)21-17(22)14(19)10-12-11-20-15-7-5-4-6-13(12)15/h4-7,11,14,16,20H,8-10,19H2,1-3H3,(H,21,22)(H,23,24). The molecule has 0 aliphatic rings. The van der Waals surface area contributed by atoms with Crippen LogP contribution in [0.3, 0.4) is 0 Å². The predicted octanol–water partition coefficient (Wildman–Crippen LogP) is 2.34. The molecular weight excluding hydrogens is 334 g/mol. The lowest BCUT2D eigenvalue weighted by Crippen LogP contribution is -2.49. The Kier molecular flexibility index (Phi) is 6.02. The van der Waals surface area contributed by atoms with Crippen LogP contribution in [0.25, 0.3) is 10.9 Å². The quantitative estimate of drug-likeness (QED) is 0.541. The number of amides is 1. The molecule has 0 fully saturated rings. The molecule has 0 bridgehead atoms. The number of rotatable bonds is 8. The SMILES string of the molecule is C[Si](C)(C)CCC(NC(=O)C(N)Cc1c[nH]c2ccccc12)C(=O)O. The van der Waals surface area contributed by atoms with Gasteiger partial charge in [0.15, 0.2) is 0 Å². The van der Waals surface area contributed by atoms with Crippen LogP contribution >= 0.6 is 0 Å². The summed E-state index contributed by atoms with van der Waals surface area (Å²) in [6, 6.07) is 6.97. The van der Waals surface area contributed by atoms with E-state index in [1.54, 1.807) is 0 Å². The molecule has 7 heteroatoms. The molecule has 1 aromatic heterocycles. The van der Waals surface area contributed by atoms with Gasteiger partial charge in [0.1, 0.15) is 6.04 Å². The zero-order chi connectivity index (χ0) is 18.6. The first-order valence-electron chi connectivity index (χ1n) is 8.51. The van der Waals surface area contributed by atoms with Gasteiger partial charge in [-0.15, -0.1) is 0 Å². The number of carboxylic acid groups (broad SMARTS) is 1. The lowest BCUT2D eigenvalue weighted by Gasteiger charge is -2.21. The average Bonchev–Trinajstić information content (AvgIpc) is 2.93. The molecule has 1 aromatic carbocycles. The van der Waals surface area contributed by atoms with Crippen LogP contribution in [0.2, 0.25) is 25.7 Å². The van der Waals surface area contributed by atoms with Crippen LogP contribution in [0.15, 0.2) is 30.5 Å². The van der Waals surface area contributed by atoms with Gasteiger partial charge in [-0.25, -0.2) is 4.79 Å². The van der Waals surface area contributed by atoms with Crippen LogP contribution in [-0.2, 0) is 16.0 Å². The highest BCUT2D eigenvalue weighted by Crippen LogP contribution is 2.19. The molecule has 2 rings (SSSR count). The van der Waals surface area contributed by atoms with E-state index in [4.69, 9.17) is 5.73 Å². The van der Waals surface area contributed by atoms with E-state index in [0.717, 1.165) is 22.5 Å². The lowest BCUT2D eigenvalue weighted by atomic mass is 10.0. The molecule has 0 saturated carbocycles. The summed E-state index contributed by atoms with van der Waals surface area (Å²) < 4.78 is 0. The van der Waals surface area contributed by atoms with Gasteiger partial charge in [-0.3, -0.25) is 4.79 Å². The van der Waals surface area contributed by atoms with E-state index in [-0.39, 0.29) is 0 Å². The van der Waals surface area contributed by atoms with E-state index < -0.39 is 32.0 Å². The Balaban J connectivity index is 1.99. The monoisotopic (exact) mass is 361 g/mol. The maximum atomic E-state index is 12.3. The molecule has 136 valence electrons. The van der Waals surface area contributed by atoms with Gasteiger partial charge >= 0.3 is 5.97 Å². The molecule has 0 spiro atoms. The molecule has 1 amide bonds. The van der Waals surface area contributed by atoms with Crippen molar-refractivity contribution in [3.05, 3.63) is 36.0 Å². The summed E-state index contributed by atoms with van der Waals surface area (Å²) in [5, 5.41) is 13.0. The van der Waals surface area contributed by atoms with Crippen LogP contribution in [0.4, 0.5) is 0 Å². The van der Waals surface area contributed by atoms with Crippen molar-refractivity contribution in [1.29, 1.82) is 0 Å². The van der Waals surface area contributed by atoms with Gasteiger partial charge in [0, 0.05) is 25.2 Å². The van der Waals surface area contributed by atoms with Crippen molar-refractivity contribution in [3.8, 4) is 0 Å². The summed E-state index contributed by atoms with van der Waals surface area (Å²) in [6.07, 6.45) is 2.64. The Bertz CT molecular complexity index is 751. The number of nitrogens with one attached hydrogen (secondary N) is 2. The smallest absolute Gasteiger partial charge is 0.326 e. The molecule has 0 saturated heterocycles. The van der Waals surface area contributed by atoms with E-state index in [9.17, 15) is 14.7 Å². The van der Waals surface area contributed by atoms with Crippen LogP contribution in [0.1, 0.15) is 12.0 Å². The Hall–Kier alpha value is -2.12. The van der Waals surface area contributed by atoms with Crippen molar-refractivity contribution >= 4 is 30.9 Å². The highest BCUT2D eigenvalue weighted by molar-refractivity contribution is 6.76. The number of benzene rings is 1. The van der Waals surface area contributed by atoms with Gasteiger partial charge in [-0.05, 0) is 24.5 Å². The Morgan fingerprint density at radius 3 is 2.60 bits per heavy atom. The van der Waals surface area contributed by atoms with Gasteiger partial charge in [-0.2, -0.15) is 0 Å². The minimum atomic E-state index is -1.38. The minimum absolute atomic E-state index is 0.357. The molecule has 6 nitrogen and oxygen atoms in total. The van der Waals surface area contributed by atoms with E-state index in [2.05, 4.69) is 29.9 Å². The Morgan fingerprint density at radius 2 is 1.96 bits per heavy atom. The number of para-hydroxylation sites is 1. The molecule has 2 unspecified atom stereocenters. The molecule has 5 N–H and O–H groups in total. The van der Waals surface area contributed by atoms with Crippen molar-refractivity contribution in [2.75, 3.05) is 0 Å². The molecule has 0 aliphatic carbocycles. The van der Waals surface area contributed by atoms with Crippen molar-refractivity contribution in [2.24, 2.45) is 5.73 Å². The molecule has 2 atom stereocenters. The summed E-state index contributed by atoms with van der Waals surface area (Å²) in [4.78, 5) is 26.9. The molecule has 0 aliphatic heterocycles. The molecular formula is C18H27N3O3Si. The Labute approximate surface area is 148 Å². The number of carboxylic acids is 1. The molecule has 25 heavy (non-hydrogen) atoms. The number of hydrogen-bond donors (Lipinski definition) is 4. The second kappa shape index (κ2) is 7.84. The second-order valence-corrected chi connectivity index (χ2v) is 13.3. The van der Waals surface area contributed by atoms with Gasteiger partial charge in [-0.1, -0.05) is 43.9 Å². The van der Waals surface area contributed by atoms with Gasteiger partial charge in [0.2, 0.25) is 5.91 Å². The van der Waals surface area contributed by atoms with E-state index in [1.165, 1.54) is 0 Å². The summed E-state index contributed by atoms with van der Waals surface area (Å²) in [6.45, 7) is 6.53. The Morgan fingerprint density at radius 1 is 1.28 bits per heavy atom. The first kappa shape index (κ1) is 19.2. The summed E-state index contributed by atoms with van der Waals surface area (Å²) >= 11 is 0. The number of aromatic amines is 1. The normalized spacial score (nSPS) is 14.2. The molecule has 1 heterocycles. The third-order valence-electron chi connectivity index (χ3n) is 4.25. The number of hydrogen-bond acceptors (Lipinski definition) is 3. The first-order valence-corrected chi connectivity index (χ1v) is 12.2. The largest absolute Gasteiger partial charge is 0.480 e. The predicted molar refractivity (Wildman–Crippen MR) is 102 cm³/mol. The average molecular weight is 362 g/mol. The van der Waals surface area contributed by atoms with E-state index in [1.807, 2.05) is 30.5 Å². The fourth-order valence-corrected chi connectivity index (χ4v) is 3.90. The maximum Gasteiger partial charge on any atom is 0.326 e. The number of aromatic nitrogens is 1. The highest BCUT2D eigenvalue weighted by Gasteiger charge is 2.26. The van der Waals surface area contributed by atoms with Crippen LogP contribution in [-0.4, -0.2) is 42.1 Å². The number of nitrogens with two attached hydrogens (primary N) is 1. The van der Waals surface area contributed by atoms with E-state index >= 15 is 0 Å². The van der Waals surface area contributed by atoms with Crippen molar-refractivity contribution in [2.45, 2.75) is 50.6 Å². The zero-order valence-electron chi connectivity index (χ0n) is 15.0. The fourth-order valence-electron chi connectivity index (χ4n) is 2.74. The van der Waals surface area contributed by atoms with Gasteiger partial charge < -0.3 is 21.1 Å². The first-order chi connectivity index (χ1) is 11.7. The maximum absolute atomic E-state index is 12.3. The molecule has 0 radical (unpaired) electrons. The van der Waals surface area contributed by atoms with Crippen LogP contribution in [0.5, 0.6) is 0 Å². The third kappa shape index (κ3) is 5.44. The number of carbonyl (C=O) groups excluding carboxylic acids is 1. The number of carbonyl (C=O) groups is 2. The summed E-state index contributed by atoms with van der Waals surface area (Å²) in [7, 11) is -1.38. The van der Waals surface area contributed by atoms with Crippen molar-refractivity contribution in [1.82, 2.24) is 10.3 Å². The summed E-state index contributed by atoms with van der Waals surface area (Å²) in [5.74, 6) is -1.43. The minimum Gasteiger partial charge on any atom is -0.480 e. The van der Waals surface area contributed by atoms with Gasteiger partial charge in [0.05, 0.1) is 6.04 Å². The molecule has 2 aromatic rings. The number of aliphatic carboxylic acids is 1. The van der Waals surface area contributed by atoms with Crippen molar-refractivity contribution in [3.63, 3.8) is 0 Å². The van der Waals surface area contributed by atoms with Gasteiger partial charge in [0.25, 0.3) is 0 Å². The highest BCUT2D eigenvalue weighted by atomic mass is 28.3. The summed E-state index contributed by atoms with van der Waals surface area (Å²) in [5.41, 5.74) is 7.96. The lowest BCUT2D eigenvalue weighted by molar-refractivity contribution is -0.142. The number of H-pyrrole nitrogens is 1. The van der Waals surface area contributed by atoms with E-state index in [0.29, 0.717) is 12.8 Å². The zero-order valence-corrected chi connectivity index (χ0v) is 16.0. The van der Waals surface area contributed by atoms with Crippen molar-refractivity contribution < 1.29 is 14.7 Å². The fraction of sp³-hybridized carbons (Fsp3) is 0.444. The second-order valence-electron chi connectivity index (χ2n) is 7.67. The third-order valence-corrected chi connectivity index (χ3v) is 6.04. The number of fused-ring (bicyclic) bond motifs is 1. The van der Waals surface area contributed by atoms with Crippen LogP contribution in [0, 0.1) is 0 Å². The van der Waals surface area contributed by atoms with Crippen LogP contribution < -0.4 is 11.1 Å².